The molecule has 9 nitrogen and oxygen atoms in total. The predicted octanol–water partition coefficient (Wildman–Crippen LogP) is 0.709. The molecule has 0 spiro atoms. The summed E-state index contributed by atoms with van der Waals surface area (Å²) in [5.41, 5.74) is 0.524. The Morgan fingerprint density at radius 1 is 1.52 bits per heavy atom. The van der Waals surface area contributed by atoms with Gasteiger partial charge in [-0.1, -0.05) is 0 Å². The number of aliphatic carboxylic acids is 1. The summed E-state index contributed by atoms with van der Waals surface area (Å²) in [4.78, 5) is 25.9. The van der Waals surface area contributed by atoms with Gasteiger partial charge in [-0.15, -0.1) is 15.6 Å². The fraction of sp³-hybridized carbons (Fsp3) is 0.400. The second-order valence-corrected chi connectivity index (χ2v) is 6.99. The molecule has 114 valence electrons. The third-order valence-corrected chi connectivity index (χ3v) is 4.80. The number of carbonyl (C=O) groups excluding carboxylic acids is 1. The quantitative estimate of drug-likeness (QED) is 0.780. The molecule has 1 saturated heterocycles. The van der Waals surface area contributed by atoms with Crippen LogP contribution in [0.15, 0.2) is 6.07 Å². The molecule has 11 heteroatoms. The van der Waals surface area contributed by atoms with Crippen LogP contribution in [0, 0.1) is 6.92 Å². The van der Waals surface area contributed by atoms with E-state index < -0.39 is 34.5 Å². The number of amides is 2. The maximum Gasteiger partial charge on any atom is 0.418 e. The summed E-state index contributed by atoms with van der Waals surface area (Å²) in [5.74, 6) is -1.21. The van der Waals surface area contributed by atoms with Gasteiger partial charge in [-0.2, -0.15) is 13.5 Å². The lowest BCUT2D eigenvalue weighted by Gasteiger charge is -2.27. The molecule has 21 heavy (non-hydrogen) atoms. The third kappa shape index (κ3) is 2.18. The van der Waals surface area contributed by atoms with E-state index in [1.807, 2.05) is 0 Å². The second-order valence-electron chi connectivity index (χ2n) is 4.70. The molecule has 2 N–H and O–H groups in total. The highest BCUT2D eigenvalue weighted by molar-refractivity contribution is 7.80. The maximum absolute atomic E-state index is 12.1. The molecular weight excluding hydrogens is 324 g/mol. The molecule has 3 heterocycles. The standard InChI is InChI=1S/C10H10N2O7S2/c1-4-2-5-6-3-11(7(9(13)14)8(5)20-4)10(15)12(6)19-21(16,17)18/h2,6-7H,3H2,1H3,(H,13,14)(H,16,17,18)/t6-,7?/m1/s1. The molecule has 0 saturated carbocycles. The van der Waals surface area contributed by atoms with E-state index >= 15 is 0 Å². The van der Waals surface area contributed by atoms with Crippen LogP contribution in [0.2, 0.25) is 0 Å². The van der Waals surface area contributed by atoms with Gasteiger partial charge >= 0.3 is 22.4 Å². The van der Waals surface area contributed by atoms with Gasteiger partial charge in [0.25, 0.3) is 0 Å². The summed E-state index contributed by atoms with van der Waals surface area (Å²) in [6.07, 6.45) is 0. The van der Waals surface area contributed by atoms with Gasteiger partial charge in [0.1, 0.15) is 6.04 Å². The van der Waals surface area contributed by atoms with Crippen LogP contribution in [0.1, 0.15) is 27.4 Å². The number of hydroxylamine groups is 2. The van der Waals surface area contributed by atoms with E-state index in [4.69, 9.17) is 4.55 Å². The van der Waals surface area contributed by atoms with Crippen LogP contribution < -0.4 is 0 Å². The number of rotatable bonds is 3. The first-order chi connectivity index (χ1) is 9.69. The highest BCUT2D eigenvalue weighted by Crippen LogP contribution is 2.47. The molecule has 2 aliphatic rings. The van der Waals surface area contributed by atoms with Crippen molar-refractivity contribution in [1.82, 2.24) is 9.96 Å². The van der Waals surface area contributed by atoms with Gasteiger partial charge in [-0.05, 0) is 18.6 Å². The molecule has 2 bridgehead atoms. The fourth-order valence-corrected chi connectivity index (χ4v) is 4.19. The van der Waals surface area contributed by atoms with Gasteiger partial charge in [0.15, 0.2) is 6.04 Å². The maximum atomic E-state index is 12.1. The molecule has 1 fully saturated rings. The number of nitrogens with zero attached hydrogens (tertiary/aromatic N) is 2. The zero-order valence-corrected chi connectivity index (χ0v) is 12.2. The van der Waals surface area contributed by atoms with Crippen molar-refractivity contribution in [3.05, 3.63) is 21.4 Å². The molecule has 1 aromatic rings. The number of urea groups is 1. The Kier molecular flexibility index (Phi) is 2.99. The van der Waals surface area contributed by atoms with Crippen molar-refractivity contribution >= 4 is 33.7 Å². The minimum Gasteiger partial charge on any atom is -0.479 e. The number of thiophene rings is 1. The second kappa shape index (κ2) is 4.40. The van der Waals surface area contributed by atoms with E-state index in [-0.39, 0.29) is 6.54 Å². The van der Waals surface area contributed by atoms with Gasteiger partial charge in [-0.3, -0.25) is 4.55 Å². The summed E-state index contributed by atoms with van der Waals surface area (Å²) in [6.45, 7) is 1.76. The van der Waals surface area contributed by atoms with E-state index in [2.05, 4.69) is 4.28 Å². The Hall–Kier alpha value is -1.69. The van der Waals surface area contributed by atoms with Crippen molar-refractivity contribution in [3.63, 3.8) is 0 Å². The average Bonchev–Trinajstić information content (AvgIpc) is 2.82. The minimum atomic E-state index is -4.88. The highest BCUT2D eigenvalue weighted by atomic mass is 32.3. The lowest BCUT2D eigenvalue weighted by molar-refractivity contribution is -0.142. The lowest BCUT2D eigenvalue weighted by atomic mass is 9.99. The van der Waals surface area contributed by atoms with Crippen molar-refractivity contribution in [2.24, 2.45) is 0 Å². The zero-order chi connectivity index (χ0) is 15.5. The largest absolute Gasteiger partial charge is 0.479 e. The van der Waals surface area contributed by atoms with E-state index in [1.54, 1.807) is 13.0 Å². The summed E-state index contributed by atoms with van der Waals surface area (Å²) in [6, 6.07) is -1.17. The monoisotopic (exact) mass is 334 g/mol. The van der Waals surface area contributed by atoms with E-state index in [9.17, 15) is 23.1 Å². The van der Waals surface area contributed by atoms with Gasteiger partial charge in [-0.25, -0.2) is 9.59 Å². The minimum absolute atomic E-state index is 0.0194. The van der Waals surface area contributed by atoms with Crippen LogP contribution in [0.25, 0.3) is 0 Å². The molecule has 0 aliphatic carbocycles. The average molecular weight is 334 g/mol. The van der Waals surface area contributed by atoms with E-state index in [0.717, 1.165) is 9.78 Å². The Bertz CT molecular complexity index is 741. The van der Waals surface area contributed by atoms with E-state index in [1.165, 1.54) is 11.3 Å². The number of aryl methyl sites for hydroxylation is 1. The Morgan fingerprint density at radius 3 is 2.76 bits per heavy atom. The molecule has 1 unspecified atom stereocenters. The molecule has 2 amide bonds. The zero-order valence-electron chi connectivity index (χ0n) is 10.6. The number of hydrogen-bond donors (Lipinski definition) is 2. The molecule has 1 aromatic heterocycles. The molecule has 3 rings (SSSR count). The topological polar surface area (TPSA) is 124 Å². The Morgan fingerprint density at radius 2 is 2.19 bits per heavy atom. The van der Waals surface area contributed by atoms with E-state index in [0.29, 0.717) is 15.5 Å². The molecule has 2 aliphatic heterocycles. The smallest absolute Gasteiger partial charge is 0.418 e. The van der Waals surface area contributed by atoms with Crippen molar-refractivity contribution in [1.29, 1.82) is 0 Å². The fourth-order valence-electron chi connectivity index (χ4n) is 2.64. The summed E-state index contributed by atoms with van der Waals surface area (Å²) < 4.78 is 34.8. The first-order valence-electron chi connectivity index (χ1n) is 5.79. The highest BCUT2D eigenvalue weighted by Gasteiger charge is 2.53. The molecule has 0 aromatic carbocycles. The molecule has 2 atom stereocenters. The summed E-state index contributed by atoms with van der Waals surface area (Å²) in [5, 5.41) is 9.84. The van der Waals surface area contributed by atoms with Crippen LogP contribution in [-0.2, 0) is 19.5 Å². The predicted molar refractivity (Wildman–Crippen MR) is 68.7 cm³/mol. The van der Waals surface area contributed by atoms with Crippen molar-refractivity contribution in [3.8, 4) is 0 Å². The van der Waals surface area contributed by atoms with Crippen LogP contribution >= 0.6 is 11.3 Å². The van der Waals surface area contributed by atoms with Gasteiger partial charge in [0.2, 0.25) is 0 Å². The number of carbonyl (C=O) groups is 2. The van der Waals surface area contributed by atoms with Gasteiger partial charge in [0.05, 0.1) is 6.54 Å². The summed E-state index contributed by atoms with van der Waals surface area (Å²) in [7, 11) is -4.88. The number of hydrogen-bond acceptors (Lipinski definition) is 6. The Labute approximate surface area is 123 Å². The van der Waals surface area contributed by atoms with Crippen LogP contribution in [-0.4, -0.2) is 46.6 Å². The first-order valence-corrected chi connectivity index (χ1v) is 7.97. The van der Waals surface area contributed by atoms with Crippen LogP contribution in [0.5, 0.6) is 0 Å². The SMILES string of the molecule is Cc1cc2c(s1)C(C(=O)O)N1C[C@H]2N(OS(=O)(=O)O)C1=O. The van der Waals surface area contributed by atoms with Crippen molar-refractivity contribution < 1.29 is 31.9 Å². The Balaban J connectivity index is 2.11. The van der Waals surface area contributed by atoms with Crippen LogP contribution in [0.4, 0.5) is 4.79 Å². The molecule has 0 radical (unpaired) electrons. The van der Waals surface area contributed by atoms with Crippen molar-refractivity contribution in [2.45, 2.75) is 19.0 Å². The summed E-state index contributed by atoms with van der Waals surface area (Å²) >= 11 is 1.23. The van der Waals surface area contributed by atoms with Crippen LogP contribution in [0.3, 0.4) is 0 Å². The number of fused-ring (bicyclic) bond motifs is 4. The van der Waals surface area contributed by atoms with Gasteiger partial charge < -0.3 is 10.0 Å². The molecular formula is C10H10N2O7S2. The lowest BCUT2D eigenvalue weighted by Crippen LogP contribution is -2.38. The normalized spacial score (nSPS) is 24.4. The first kappa shape index (κ1) is 14.3. The number of carboxylic acids is 1. The number of carboxylic acid groups (broad SMARTS) is 1. The van der Waals surface area contributed by atoms with Crippen molar-refractivity contribution in [2.75, 3.05) is 6.54 Å². The third-order valence-electron chi connectivity index (χ3n) is 3.33. The van der Waals surface area contributed by atoms with Gasteiger partial charge in [0, 0.05) is 9.75 Å².